The summed E-state index contributed by atoms with van der Waals surface area (Å²) in [5, 5.41) is 6.99. The second-order valence-corrected chi connectivity index (χ2v) is 5.81. The number of halogens is 1. The number of amides is 1. The minimum Gasteiger partial charge on any atom is -0.326 e. The number of hydrogen-bond donors (Lipinski definition) is 1. The summed E-state index contributed by atoms with van der Waals surface area (Å²) in [6, 6.07) is 18.4. The molecule has 3 aromatic rings. The van der Waals surface area contributed by atoms with Crippen molar-refractivity contribution in [3.63, 3.8) is 0 Å². The number of nitrogens with zero attached hydrogens (tertiary/aromatic N) is 2. The molecule has 5 nitrogen and oxygen atoms in total. The van der Waals surface area contributed by atoms with Crippen LogP contribution in [0.3, 0.4) is 0 Å². The average molecular weight is 351 g/mol. The van der Waals surface area contributed by atoms with Gasteiger partial charge in [0.2, 0.25) is 5.91 Å². The molecule has 1 aromatic heterocycles. The van der Waals surface area contributed by atoms with Crippen LogP contribution in [0.1, 0.15) is 12.8 Å². The first-order chi connectivity index (χ1) is 12.6. The summed E-state index contributed by atoms with van der Waals surface area (Å²) in [6.07, 6.45) is 0.659. The van der Waals surface area contributed by atoms with Crippen LogP contribution >= 0.6 is 0 Å². The third-order valence-corrected chi connectivity index (χ3v) is 3.82. The zero-order valence-corrected chi connectivity index (χ0v) is 14.1. The van der Waals surface area contributed by atoms with Gasteiger partial charge in [0.1, 0.15) is 5.82 Å². The molecule has 1 N–H and O–H groups in total. The first-order valence-electron chi connectivity index (χ1n) is 8.31. The molecule has 0 aliphatic heterocycles. The van der Waals surface area contributed by atoms with Gasteiger partial charge in [-0.05, 0) is 30.7 Å². The fourth-order valence-corrected chi connectivity index (χ4v) is 2.55. The summed E-state index contributed by atoms with van der Waals surface area (Å²) in [6.45, 7) is 0.329. The molecule has 0 bridgehead atoms. The smallest absolute Gasteiger partial charge is 0.266 e. The van der Waals surface area contributed by atoms with Crippen molar-refractivity contribution in [2.75, 3.05) is 5.32 Å². The van der Waals surface area contributed by atoms with Gasteiger partial charge < -0.3 is 5.32 Å². The maximum Gasteiger partial charge on any atom is 0.266 e. The summed E-state index contributed by atoms with van der Waals surface area (Å²) in [5.41, 5.74) is 1.83. The molecule has 132 valence electrons. The Hall–Kier alpha value is -3.28. The molecule has 0 aliphatic carbocycles. The largest absolute Gasteiger partial charge is 0.326 e. The number of carbonyl (C=O) groups is 1. The third kappa shape index (κ3) is 4.63. The van der Waals surface area contributed by atoms with Gasteiger partial charge in [0.15, 0.2) is 0 Å². The zero-order valence-electron chi connectivity index (χ0n) is 14.1. The molecule has 0 saturated carbocycles. The highest BCUT2D eigenvalue weighted by molar-refractivity contribution is 5.90. The lowest BCUT2D eigenvalue weighted by molar-refractivity contribution is -0.116. The van der Waals surface area contributed by atoms with Gasteiger partial charge in [-0.1, -0.05) is 36.4 Å². The first-order valence-corrected chi connectivity index (χ1v) is 8.31. The minimum atomic E-state index is -0.406. The van der Waals surface area contributed by atoms with Crippen molar-refractivity contribution in [1.29, 1.82) is 0 Å². The molecule has 1 amide bonds. The lowest BCUT2D eigenvalue weighted by Crippen LogP contribution is -2.23. The fraction of sp³-hybridized carbons (Fsp3) is 0.150. The van der Waals surface area contributed by atoms with E-state index in [-0.39, 0.29) is 17.9 Å². The van der Waals surface area contributed by atoms with E-state index < -0.39 is 5.82 Å². The SMILES string of the molecule is O=C(CCCn1nc(-c2ccccc2)ccc1=O)Nc1cccc(F)c1. The molecular formula is C20H18FN3O2. The number of benzene rings is 2. The molecule has 26 heavy (non-hydrogen) atoms. The second-order valence-electron chi connectivity index (χ2n) is 5.81. The maximum atomic E-state index is 13.1. The quantitative estimate of drug-likeness (QED) is 0.740. The van der Waals surface area contributed by atoms with Gasteiger partial charge in [0, 0.05) is 30.3 Å². The summed E-state index contributed by atoms with van der Waals surface area (Å²) in [4.78, 5) is 23.9. The highest BCUT2D eigenvalue weighted by Crippen LogP contribution is 2.14. The maximum absolute atomic E-state index is 13.1. The third-order valence-electron chi connectivity index (χ3n) is 3.82. The van der Waals surface area contributed by atoms with Crippen molar-refractivity contribution < 1.29 is 9.18 Å². The number of anilines is 1. The van der Waals surface area contributed by atoms with Crippen molar-refractivity contribution in [1.82, 2.24) is 9.78 Å². The highest BCUT2D eigenvalue weighted by atomic mass is 19.1. The summed E-state index contributed by atoms with van der Waals surface area (Å²) in [5.74, 6) is -0.640. The zero-order chi connectivity index (χ0) is 18.4. The highest BCUT2D eigenvalue weighted by Gasteiger charge is 2.06. The van der Waals surface area contributed by atoms with E-state index in [1.807, 2.05) is 30.3 Å². The number of aryl methyl sites for hydroxylation is 1. The van der Waals surface area contributed by atoms with Crippen molar-refractivity contribution in [2.24, 2.45) is 0 Å². The molecule has 0 unspecified atom stereocenters. The van der Waals surface area contributed by atoms with Crippen LogP contribution in [0.2, 0.25) is 0 Å². The van der Waals surface area contributed by atoms with E-state index in [1.165, 1.54) is 28.9 Å². The first kappa shape index (κ1) is 17.5. The number of aromatic nitrogens is 2. The average Bonchev–Trinajstić information content (AvgIpc) is 2.64. The van der Waals surface area contributed by atoms with E-state index in [0.29, 0.717) is 24.3 Å². The van der Waals surface area contributed by atoms with Gasteiger partial charge in [0.25, 0.3) is 5.56 Å². The van der Waals surface area contributed by atoms with Crippen molar-refractivity contribution in [3.05, 3.63) is 82.9 Å². The monoisotopic (exact) mass is 351 g/mol. The number of hydrogen-bond acceptors (Lipinski definition) is 3. The molecular weight excluding hydrogens is 333 g/mol. The predicted octanol–water partition coefficient (Wildman–Crippen LogP) is 3.47. The lowest BCUT2D eigenvalue weighted by Gasteiger charge is -2.08. The Balaban J connectivity index is 1.59. The molecule has 0 spiro atoms. The number of rotatable bonds is 6. The summed E-state index contributed by atoms with van der Waals surface area (Å²) >= 11 is 0. The molecule has 6 heteroatoms. The molecule has 1 heterocycles. The molecule has 0 atom stereocenters. The van der Waals surface area contributed by atoms with Gasteiger partial charge in [0.05, 0.1) is 5.69 Å². The van der Waals surface area contributed by atoms with Crippen LogP contribution in [-0.2, 0) is 11.3 Å². The van der Waals surface area contributed by atoms with Gasteiger partial charge in [-0.15, -0.1) is 0 Å². The molecule has 0 fully saturated rings. The molecule has 3 rings (SSSR count). The fourth-order valence-electron chi connectivity index (χ4n) is 2.55. The molecule has 0 aliphatic rings. The number of carbonyl (C=O) groups excluding carboxylic acids is 1. The second kappa shape index (κ2) is 8.20. The molecule has 2 aromatic carbocycles. The minimum absolute atomic E-state index is 0.209. The Morgan fingerprint density at radius 1 is 1.04 bits per heavy atom. The van der Waals surface area contributed by atoms with Crippen LogP contribution < -0.4 is 10.9 Å². The Morgan fingerprint density at radius 3 is 2.62 bits per heavy atom. The van der Waals surface area contributed by atoms with Crippen molar-refractivity contribution in [2.45, 2.75) is 19.4 Å². The van der Waals surface area contributed by atoms with E-state index >= 15 is 0 Å². The Kier molecular flexibility index (Phi) is 5.53. The summed E-state index contributed by atoms with van der Waals surface area (Å²) in [7, 11) is 0. The predicted molar refractivity (Wildman–Crippen MR) is 98.2 cm³/mol. The van der Waals surface area contributed by atoms with Gasteiger partial charge in [-0.3, -0.25) is 9.59 Å². The van der Waals surface area contributed by atoms with Crippen LogP contribution in [0.15, 0.2) is 71.5 Å². The van der Waals surface area contributed by atoms with Crippen molar-refractivity contribution >= 4 is 11.6 Å². The van der Waals surface area contributed by atoms with Crippen molar-refractivity contribution in [3.8, 4) is 11.3 Å². The lowest BCUT2D eigenvalue weighted by atomic mass is 10.1. The van der Waals surface area contributed by atoms with Gasteiger partial charge in [-0.25, -0.2) is 9.07 Å². The van der Waals surface area contributed by atoms with Crippen LogP contribution in [-0.4, -0.2) is 15.7 Å². The van der Waals surface area contributed by atoms with E-state index in [9.17, 15) is 14.0 Å². The Bertz CT molecular complexity index is 955. The van der Waals surface area contributed by atoms with E-state index in [2.05, 4.69) is 10.4 Å². The summed E-state index contributed by atoms with van der Waals surface area (Å²) < 4.78 is 14.5. The standard InChI is InChI=1S/C20H18FN3O2/c21-16-8-4-9-17(14-16)22-19(25)10-5-13-24-20(26)12-11-18(23-24)15-6-2-1-3-7-15/h1-4,6-9,11-12,14H,5,10,13H2,(H,22,25). The normalized spacial score (nSPS) is 10.5. The van der Waals surface area contributed by atoms with Crippen LogP contribution in [0, 0.1) is 5.82 Å². The van der Waals surface area contributed by atoms with Gasteiger partial charge >= 0.3 is 0 Å². The Morgan fingerprint density at radius 2 is 1.85 bits per heavy atom. The van der Waals surface area contributed by atoms with E-state index in [0.717, 1.165) is 5.56 Å². The molecule has 0 saturated heterocycles. The van der Waals surface area contributed by atoms with E-state index in [4.69, 9.17) is 0 Å². The topological polar surface area (TPSA) is 64.0 Å². The van der Waals surface area contributed by atoms with E-state index in [1.54, 1.807) is 12.1 Å². The van der Waals surface area contributed by atoms with Crippen LogP contribution in [0.4, 0.5) is 10.1 Å². The Labute approximate surface area is 150 Å². The number of nitrogens with one attached hydrogen (secondary N) is 1. The van der Waals surface area contributed by atoms with Crippen LogP contribution in [0.5, 0.6) is 0 Å². The van der Waals surface area contributed by atoms with Crippen LogP contribution in [0.25, 0.3) is 11.3 Å². The van der Waals surface area contributed by atoms with Gasteiger partial charge in [-0.2, -0.15) is 5.10 Å². The molecule has 0 radical (unpaired) electrons.